The Hall–Kier alpha value is -2.17. The minimum atomic E-state index is -0.898. The maximum absolute atomic E-state index is 12.3. The monoisotopic (exact) mass is 273 g/mol. The van der Waals surface area contributed by atoms with Crippen LogP contribution in [0.5, 0.6) is 0 Å². The molecule has 1 aromatic carbocycles. The number of Topliss-reactive ketones (excluding diaryl/α,β-unsaturated/α-hetero) is 1. The number of amides is 1. The highest BCUT2D eigenvalue weighted by Gasteiger charge is 2.41. The Morgan fingerprint density at radius 3 is 2.55 bits per heavy atom. The first-order valence-corrected chi connectivity index (χ1v) is 6.65. The van der Waals surface area contributed by atoms with Crippen LogP contribution in [-0.4, -0.2) is 29.8 Å². The second-order valence-corrected chi connectivity index (χ2v) is 5.47. The Kier molecular flexibility index (Phi) is 2.85. The van der Waals surface area contributed by atoms with Crippen molar-refractivity contribution in [2.45, 2.75) is 19.3 Å². The molecule has 5 heteroatoms. The second-order valence-electron chi connectivity index (χ2n) is 5.47. The van der Waals surface area contributed by atoms with Gasteiger partial charge in [0.15, 0.2) is 5.78 Å². The van der Waals surface area contributed by atoms with E-state index >= 15 is 0 Å². The van der Waals surface area contributed by atoms with Gasteiger partial charge in [-0.05, 0) is 36.6 Å². The second kappa shape index (κ2) is 4.44. The van der Waals surface area contributed by atoms with Crippen molar-refractivity contribution in [1.82, 2.24) is 0 Å². The van der Waals surface area contributed by atoms with Crippen molar-refractivity contribution in [2.75, 3.05) is 11.9 Å². The summed E-state index contributed by atoms with van der Waals surface area (Å²) in [5.74, 6) is -1.98. The van der Waals surface area contributed by atoms with Crippen LogP contribution in [0.3, 0.4) is 0 Å². The highest BCUT2D eigenvalue weighted by Crippen LogP contribution is 2.38. The molecule has 104 valence electrons. The molecule has 0 unspecified atom stereocenters. The van der Waals surface area contributed by atoms with Gasteiger partial charge in [-0.25, -0.2) is 0 Å². The summed E-state index contributed by atoms with van der Waals surface area (Å²) in [6, 6.07) is 5.19. The largest absolute Gasteiger partial charge is 0.481 e. The fourth-order valence-electron chi connectivity index (χ4n) is 2.95. The van der Waals surface area contributed by atoms with Gasteiger partial charge in [0.2, 0.25) is 5.91 Å². The normalized spacial score (nSPS) is 24.2. The van der Waals surface area contributed by atoms with Gasteiger partial charge in [0.05, 0.1) is 12.3 Å². The Balaban J connectivity index is 1.86. The molecule has 0 aromatic heterocycles. The summed E-state index contributed by atoms with van der Waals surface area (Å²) in [6.07, 6.45) is 1.50. The number of nitrogens with zero attached hydrogens (tertiary/aromatic N) is 1. The fourth-order valence-corrected chi connectivity index (χ4v) is 2.95. The molecule has 1 N–H and O–H groups in total. The first kappa shape index (κ1) is 12.8. The van der Waals surface area contributed by atoms with Gasteiger partial charge >= 0.3 is 5.97 Å². The van der Waals surface area contributed by atoms with E-state index in [4.69, 9.17) is 5.11 Å². The lowest BCUT2D eigenvalue weighted by molar-refractivity contribution is -0.146. The van der Waals surface area contributed by atoms with E-state index in [1.54, 1.807) is 30.1 Å². The van der Waals surface area contributed by atoms with Crippen molar-refractivity contribution in [3.05, 3.63) is 29.3 Å². The van der Waals surface area contributed by atoms with E-state index in [2.05, 4.69) is 0 Å². The number of benzene rings is 1. The number of rotatable bonds is 3. The zero-order valence-corrected chi connectivity index (χ0v) is 11.1. The van der Waals surface area contributed by atoms with Crippen molar-refractivity contribution in [3.8, 4) is 0 Å². The first-order valence-electron chi connectivity index (χ1n) is 6.65. The van der Waals surface area contributed by atoms with E-state index in [1.807, 2.05) is 0 Å². The summed E-state index contributed by atoms with van der Waals surface area (Å²) < 4.78 is 0. The summed E-state index contributed by atoms with van der Waals surface area (Å²) in [5.41, 5.74) is 2.19. The summed E-state index contributed by atoms with van der Waals surface area (Å²) in [5, 5.41) is 9.02. The smallest absolute Gasteiger partial charge is 0.307 e. The van der Waals surface area contributed by atoms with E-state index in [-0.39, 0.29) is 11.7 Å². The van der Waals surface area contributed by atoms with Gasteiger partial charge in [-0.2, -0.15) is 0 Å². The lowest BCUT2D eigenvalue weighted by Crippen LogP contribution is -2.38. The molecule has 2 aliphatic rings. The van der Waals surface area contributed by atoms with Crippen LogP contribution in [-0.2, 0) is 16.0 Å². The molecular weight excluding hydrogens is 258 g/mol. The van der Waals surface area contributed by atoms with E-state index in [0.29, 0.717) is 24.8 Å². The molecule has 3 rings (SSSR count). The summed E-state index contributed by atoms with van der Waals surface area (Å²) >= 11 is 0. The molecule has 5 nitrogen and oxygen atoms in total. The molecular formula is C15H15NO4. The van der Waals surface area contributed by atoms with Gasteiger partial charge < -0.3 is 10.0 Å². The van der Waals surface area contributed by atoms with Crippen LogP contribution in [0, 0.1) is 11.8 Å². The molecule has 1 aliphatic carbocycles. The number of fused-ring (bicyclic) bond motifs is 1. The maximum atomic E-state index is 12.3. The van der Waals surface area contributed by atoms with E-state index in [1.165, 1.54) is 0 Å². The number of likely N-dealkylation sites (N-methyl/N-ethyl adjacent to an activating group) is 1. The van der Waals surface area contributed by atoms with Crippen LogP contribution >= 0.6 is 0 Å². The number of ketones is 1. The maximum Gasteiger partial charge on any atom is 0.307 e. The molecule has 1 aliphatic heterocycles. The molecule has 1 amide bonds. The van der Waals surface area contributed by atoms with Crippen LogP contribution in [0.25, 0.3) is 0 Å². The third kappa shape index (κ3) is 1.81. The van der Waals surface area contributed by atoms with Gasteiger partial charge in [0.25, 0.3) is 0 Å². The van der Waals surface area contributed by atoms with E-state index in [0.717, 1.165) is 11.3 Å². The van der Waals surface area contributed by atoms with Crippen molar-refractivity contribution in [1.29, 1.82) is 0 Å². The molecule has 0 saturated heterocycles. The van der Waals surface area contributed by atoms with E-state index < -0.39 is 17.8 Å². The Labute approximate surface area is 116 Å². The number of carbonyl (C=O) groups excluding carboxylic acids is 2. The molecule has 0 spiro atoms. The molecule has 0 bridgehead atoms. The van der Waals surface area contributed by atoms with Crippen molar-refractivity contribution < 1.29 is 19.5 Å². The molecule has 2 atom stereocenters. The Bertz CT molecular complexity index is 622. The van der Waals surface area contributed by atoms with Gasteiger partial charge in [-0.15, -0.1) is 0 Å². The average Bonchev–Trinajstić information content (AvgIpc) is 2.62. The molecule has 1 heterocycles. The topological polar surface area (TPSA) is 74.7 Å². The van der Waals surface area contributed by atoms with Gasteiger partial charge in [-0.3, -0.25) is 14.4 Å². The number of carboxylic acid groups (broad SMARTS) is 1. The van der Waals surface area contributed by atoms with Crippen LogP contribution in [0.15, 0.2) is 18.2 Å². The number of anilines is 1. The lowest BCUT2D eigenvalue weighted by Gasteiger charge is -2.32. The Morgan fingerprint density at radius 2 is 1.95 bits per heavy atom. The van der Waals surface area contributed by atoms with Crippen molar-refractivity contribution in [3.63, 3.8) is 0 Å². The van der Waals surface area contributed by atoms with Crippen LogP contribution < -0.4 is 4.90 Å². The highest BCUT2D eigenvalue weighted by atomic mass is 16.4. The first-order chi connectivity index (χ1) is 9.49. The minimum Gasteiger partial charge on any atom is -0.481 e. The third-order valence-electron chi connectivity index (χ3n) is 4.37. The highest BCUT2D eigenvalue weighted by molar-refractivity contribution is 6.04. The lowest BCUT2D eigenvalue weighted by atomic mass is 9.70. The van der Waals surface area contributed by atoms with Crippen molar-refractivity contribution in [2.24, 2.45) is 11.8 Å². The Morgan fingerprint density at radius 1 is 1.25 bits per heavy atom. The summed E-state index contributed by atoms with van der Waals surface area (Å²) in [4.78, 5) is 36.5. The predicted octanol–water partition coefficient (Wildman–Crippen LogP) is 1.50. The molecule has 0 radical (unpaired) electrons. The molecule has 20 heavy (non-hydrogen) atoms. The predicted molar refractivity (Wildman–Crippen MR) is 71.7 cm³/mol. The standard InChI is InChI=1S/C15H15NO4/c1-16-12-5-2-8(6-9(12)7-13(16)17)14(18)10-3-4-11(10)15(19)20/h2,5-6,10-11H,3-4,7H2,1H3,(H,19,20)/t10-,11+/m0/s1. The molecule has 1 fully saturated rings. The van der Waals surface area contributed by atoms with Crippen LogP contribution in [0.4, 0.5) is 5.69 Å². The van der Waals surface area contributed by atoms with Gasteiger partial charge in [0.1, 0.15) is 0 Å². The van der Waals surface area contributed by atoms with Crippen LogP contribution in [0.2, 0.25) is 0 Å². The van der Waals surface area contributed by atoms with E-state index in [9.17, 15) is 14.4 Å². The minimum absolute atomic E-state index is 0.0108. The molecule has 1 saturated carbocycles. The van der Waals surface area contributed by atoms with Crippen molar-refractivity contribution >= 4 is 23.3 Å². The zero-order chi connectivity index (χ0) is 14.4. The number of hydrogen-bond acceptors (Lipinski definition) is 3. The summed E-state index contributed by atoms with van der Waals surface area (Å²) in [6.45, 7) is 0. The number of carbonyl (C=O) groups is 3. The number of aliphatic carboxylic acids is 1. The van der Waals surface area contributed by atoms with Gasteiger partial charge in [0, 0.05) is 24.2 Å². The summed E-state index contributed by atoms with van der Waals surface area (Å²) in [7, 11) is 1.71. The SMILES string of the molecule is CN1C(=O)Cc2cc(C(=O)[C@H]3CC[C@H]3C(=O)O)ccc21. The number of carboxylic acids is 1. The quantitative estimate of drug-likeness (QED) is 0.847. The third-order valence-corrected chi connectivity index (χ3v) is 4.37. The zero-order valence-electron chi connectivity index (χ0n) is 11.1. The molecule has 1 aromatic rings. The number of hydrogen-bond donors (Lipinski definition) is 1. The van der Waals surface area contributed by atoms with Gasteiger partial charge in [-0.1, -0.05) is 0 Å². The van der Waals surface area contributed by atoms with Crippen LogP contribution in [0.1, 0.15) is 28.8 Å². The fraction of sp³-hybridized carbons (Fsp3) is 0.400. The average molecular weight is 273 g/mol.